The third-order valence-electron chi connectivity index (χ3n) is 3.42. The van der Waals surface area contributed by atoms with Crippen LogP contribution in [0.25, 0.3) is 0 Å². The van der Waals surface area contributed by atoms with Crippen LogP contribution in [0.1, 0.15) is 38.4 Å². The van der Waals surface area contributed by atoms with Crippen molar-refractivity contribution >= 4 is 0 Å². The van der Waals surface area contributed by atoms with Crippen LogP contribution in [0.4, 0.5) is 0 Å². The van der Waals surface area contributed by atoms with Gasteiger partial charge in [0, 0.05) is 12.6 Å². The molecule has 0 aliphatic heterocycles. The molecule has 0 radical (unpaired) electrons. The summed E-state index contributed by atoms with van der Waals surface area (Å²) < 4.78 is 10.7. The van der Waals surface area contributed by atoms with Gasteiger partial charge in [-0.1, -0.05) is 6.92 Å². The maximum atomic E-state index is 5.53. The predicted octanol–water partition coefficient (Wildman–Crippen LogP) is 2.96. The Balaban J connectivity index is 1.44. The maximum absolute atomic E-state index is 5.53. The van der Waals surface area contributed by atoms with E-state index < -0.39 is 0 Å². The minimum atomic E-state index is 0.591. The zero-order valence-electron chi connectivity index (χ0n) is 10.7. The SMILES string of the molecule is CC1CCC(NCCCOCc2ccco2)C1. The van der Waals surface area contributed by atoms with E-state index in [4.69, 9.17) is 9.15 Å². The minimum Gasteiger partial charge on any atom is -0.467 e. The fraction of sp³-hybridized carbons (Fsp3) is 0.714. The first-order valence-corrected chi connectivity index (χ1v) is 6.68. The lowest BCUT2D eigenvalue weighted by Gasteiger charge is -2.11. The third-order valence-corrected chi connectivity index (χ3v) is 3.42. The van der Waals surface area contributed by atoms with E-state index >= 15 is 0 Å². The Kier molecular flexibility index (Phi) is 5.08. The van der Waals surface area contributed by atoms with Crippen molar-refractivity contribution in [3.05, 3.63) is 24.2 Å². The van der Waals surface area contributed by atoms with Crippen molar-refractivity contribution in [2.75, 3.05) is 13.2 Å². The van der Waals surface area contributed by atoms with Gasteiger partial charge in [0.15, 0.2) is 0 Å². The molecule has 1 heterocycles. The highest BCUT2D eigenvalue weighted by atomic mass is 16.5. The minimum absolute atomic E-state index is 0.591. The fourth-order valence-corrected chi connectivity index (χ4v) is 2.44. The van der Waals surface area contributed by atoms with Crippen LogP contribution in [-0.4, -0.2) is 19.2 Å². The molecule has 0 bridgehead atoms. The van der Waals surface area contributed by atoms with Crippen molar-refractivity contribution in [2.45, 2.75) is 45.3 Å². The summed E-state index contributed by atoms with van der Waals surface area (Å²) in [6.45, 7) is 4.80. The molecule has 2 atom stereocenters. The summed E-state index contributed by atoms with van der Waals surface area (Å²) in [5, 5.41) is 3.60. The Hall–Kier alpha value is -0.800. The highest BCUT2D eigenvalue weighted by Crippen LogP contribution is 2.24. The first-order chi connectivity index (χ1) is 8.34. The maximum Gasteiger partial charge on any atom is 0.129 e. The normalized spacial score (nSPS) is 24.3. The van der Waals surface area contributed by atoms with Gasteiger partial charge in [-0.05, 0) is 50.3 Å². The molecule has 1 saturated carbocycles. The van der Waals surface area contributed by atoms with Crippen molar-refractivity contribution in [3.63, 3.8) is 0 Å². The molecule has 1 aliphatic carbocycles. The lowest BCUT2D eigenvalue weighted by molar-refractivity contribution is 0.103. The summed E-state index contributed by atoms with van der Waals surface area (Å²) in [6.07, 6.45) is 6.82. The van der Waals surface area contributed by atoms with Gasteiger partial charge in [-0.3, -0.25) is 0 Å². The van der Waals surface area contributed by atoms with Crippen molar-refractivity contribution < 1.29 is 9.15 Å². The molecule has 17 heavy (non-hydrogen) atoms. The highest BCUT2D eigenvalue weighted by Gasteiger charge is 2.19. The molecule has 2 unspecified atom stereocenters. The lowest BCUT2D eigenvalue weighted by atomic mass is 10.1. The van der Waals surface area contributed by atoms with Crippen LogP contribution in [-0.2, 0) is 11.3 Å². The molecule has 3 heteroatoms. The standard InChI is InChI=1S/C14H23NO2/c1-12-5-6-13(10-12)15-7-3-8-16-11-14-4-2-9-17-14/h2,4,9,12-13,15H,3,5-8,10-11H2,1H3. The average molecular weight is 237 g/mol. The first-order valence-electron chi connectivity index (χ1n) is 6.68. The van der Waals surface area contributed by atoms with Crippen LogP contribution < -0.4 is 5.32 Å². The molecule has 0 amide bonds. The van der Waals surface area contributed by atoms with Crippen LogP contribution in [0.5, 0.6) is 0 Å². The number of hydrogen-bond donors (Lipinski definition) is 1. The molecular formula is C14H23NO2. The molecular weight excluding hydrogens is 214 g/mol. The Morgan fingerprint density at radius 1 is 1.47 bits per heavy atom. The Labute approximate surface area is 104 Å². The van der Waals surface area contributed by atoms with Crippen LogP contribution in [0, 0.1) is 5.92 Å². The van der Waals surface area contributed by atoms with Gasteiger partial charge in [0.25, 0.3) is 0 Å². The Bertz CT molecular complexity index is 297. The van der Waals surface area contributed by atoms with E-state index in [9.17, 15) is 0 Å². The van der Waals surface area contributed by atoms with E-state index in [-0.39, 0.29) is 0 Å². The summed E-state index contributed by atoms with van der Waals surface area (Å²) >= 11 is 0. The summed E-state index contributed by atoms with van der Waals surface area (Å²) in [6, 6.07) is 4.58. The zero-order valence-corrected chi connectivity index (χ0v) is 10.7. The number of hydrogen-bond acceptors (Lipinski definition) is 3. The van der Waals surface area contributed by atoms with Gasteiger partial charge >= 0.3 is 0 Å². The molecule has 0 aromatic carbocycles. The number of rotatable bonds is 7. The van der Waals surface area contributed by atoms with Crippen molar-refractivity contribution in [1.29, 1.82) is 0 Å². The smallest absolute Gasteiger partial charge is 0.129 e. The van der Waals surface area contributed by atoms with Crippen molar-refractivity contribution in [3.8, 4) is 0 Å². The van der Waals surface area contributed by atoms with Crippen molar-refractivity contribution in [1.82, 2.24) is 5.32 Å². The van der Waals surface area contributed by atoms with E-state index in [0.717, 1.165) is 37.3 Å². The van der Waals surface area contributed by atoms with E-state index in [1.807, 2.05) is 12.1 Å². The first kappa shape index (κ1) is 12.7. The molecule has 0 spiro atoms. The highest BCUT2D eigenvalue weighted by molar-refractivity contribution is 4.95. The largest absolute Gasteiger partial charge is 0.467 e. The summed E-state index contributed by atoms with van der Waals surface area (Å²) in [5.41, 5.74) is 0. The number of furan rings is 1. The number of nitrogens with one attached hydrogen (secondary N) is 1. The van der Waals surface area contributed by atoms with Crippen molar-refractivity contribution in [2.24, 2.45) is 5.92 Å². The molecule has 1 N–H and O–H groups in total. The average Bonchev–Trinajstić information content (AvgIpc) is 2.95. The lowest BCUT2D eigenvalue weighted by Crippen LogP contribution is -2.28. The van der Waals surface area contributed by atoms with Crippen LogP contribution in [0.15, 0.2) is 22.8 Å². The molecule has 1 aromatic rings. The summed E-state index contributed by atoms with van der Waals surface area (Å²) in [5.74, 6) is 1.81. The molecule has 0 saturated heterocycles. The zero-order chi connectivity index (χ0) is 11.9. The van der Waals surface area contributed by atoms with Crippen LogP contribution in [0.2, 0.25) is 0 Å². The van der Waals surface area contributed by atoms with Gasteiger partial charge in [0.1, 0.15) is 12.4 Å². The van der Waals surface area contributed by atoms with Gasteiger partial charge in [0.05, 0.1) is 6.26 Å². The van der Waals surface area contributed by atoms with E-state index in [2.05, 4.69) is 12.2 Å². The second-order valence-corrected chi connectivity index (χ2v) is 5.05. The van der Waals surface area contributed by atoms with Gasteiger partial charge in [-0.15, -0.1) is 0 Å². The van der Waals surface area contributed by atoms with E-state index in [1.165, 1.54) is 19.3 Å². The van der Waals surface area contributed by atoms with E-state index in [1.54, 1.807) is 6.26 Å². The molecule has 96 valence electrons. The number of ether oxygens (including phenoxy) is 1. The fourth-order valence-electron chi connectivity index (χ4n) is 2.44. The molecule has 1 aliphatic rings. The van der Waals surface area contributed by atoms with Gasteiger partial charge in [0.2, 0.25) is 0 Å². The monoisotopic (exact) mass is 237 g/mol. The Morgan fingerprint density at radius 3 is 3.12 bits per heavy atom. The van der Waals surface area contributed by atoms with Crippen LogP contribution in [0.3, 0.4) is 0 Å². The van der Waals surface area contributed by atoms with Gasteiger partial charge in [-0.25, -0.2) is 0 Å². The second kappa shape index (κ2) is 6.82. The molecule has 1 aromatic heterocycles. The Morgan fingerprint density at radius 2 is 2.41 bits per heavy atom. The third kappa shape index (κ3) is 4.52. The molecule has 2 rings (SSSR count). The second-order valence-electron chi connectivity index (χ2n) is 5.05. The quantitative estimate of drug-likeness (QED) is 0.740. The topological polar surface area (TPSA) is 34.4 Å². The summed E-state index contributed by atoms with van der Waals surface area (Å²) in [7, 11) is 0. The van der Waals surface area contributed by atoms with Gasteiger partial charge < -0.3 is 14.5 Å². The predicted molar refractivity (Wildman–Crippen MR) is 67.8 cm³/mol. The van der Waals surface area contributed by atoms with Crippen LogP contribution >= 0.6 is 0 Å². The van der Waals surface area contributed by atoms with E-state index in [0.29, 0.717) is 6.61 Å². The molecule has 3 nitrogen and oxygen atoms in total. The summed E-state index contributed by atoms with van der Waals surface area (Å²) in [4.78, 5) is 0. The molecule has 1 fully saturated rings. The van der Waals surface area contributed by atoms with Gasteiger partial charge in [-0.2, -0.15) is 0 Å².